The summed E-state index contributed by atoms with van der Waals surface area (Å²) in [6.07, 6.45) is 5.49. The minimum Gasteiger partial charge on any atom is -0.496 e. The third kappa shape index (κ3) is 2.69. The third-order valence-electron chi connectivity index (χ3n) is 7.73. The van der Waals surface area contributed by atoms with Gasteiger partial charge in [-0.3, -0.25) is 9.80 Å². The molecule has 0 aromatic heterocycles. The number of hydrogen-bond acceptors (Lipinski definition) is 4. The van der Waals surface area contributed by atoms with Crippen LogP contribution in [0.25, 0.3) is 0 Å². The average molecular weight is 356 g/mol. The number of hydrogen-bond donors (Lipinski definition) is 0. The molecule has 5 heterocycles. The van der Waals surface area contributed by atoms with Gasteiger partial charge in [-0.2, -0.15) is 0 Å². The highest BCUT2D eigenvalue weighted by Gasteiger charge is 2.55. The molecule has 5 saturated heterocycles. The summed E-state index contributed by atoms with van der Waals surface area (Å²) < 4.78 is 5.77. The summed E-state index contributed by atoms with van der Waals surface area (Å²) in [4.78, 5) is 8.26. The Morgan fingerprint density at radius 1 is 0.923 bits per heavy atom. The predicted molar refractivity (Wildman–Crippen MR) is 105 cm³/mol. The zero-order valence-corrected chi connectivity index (χ0v) is 16.3. The van der Waals surface area contributed by atoms with Gasteiger partial charge in [-0.1, -0.05) is 18.2 Å². The Morgan fingerprint density at radius 2 is 1.65 bits per heavy atom. The normalized spacial score (nSPS) is 38.5. The molecule has 2 bridgehead atoms. The van der Waals surface area contributed by atoms with Crippen LogP contribution in [0.3, 0.4) is 0 Å². The van der Waals surface area contributed by atoms with E-state index < -0.39 is 0 Å². The van der Waals surface area contributed by atoms with E-state index in [-0.39, 0.29) is 0 Å². The zero-order valence-electron chi connectivity index (χ0n) is 16.3. The highest BCUT2D eigenvalue weighted by atomic mass is 16.5. The van der Waals surface area contributed by atoms with Gasteiger partial charge in [0.25, 0.3) is 0 Å². The summed E-state index contributed by atoms with van der Waals surface area (Å²) in [5, 5.41) is 0. The van der Waals surface area contributed by atoms with Crippen molar-refractivity contribution in [3.8, 4) is 5.75 Å². The first kappa shape index (κ1) is 17.0. The van der Waals surface area contributed by atoms with Gasteiger partial charge in [-0.05, 0) is 70.9 Å². The van der Waals surface area contributed by atoms with Crippen molar-refractivity contribution >= 4 is 0 Å². The molecule has 142 valence electrons. The maximum Gasteiger partial charge on any atom is 0.122 e. The number of ether oxygens (including phenoxy) is 1. The summed E-state index contributed by atoms with van der Waals surface area (Å²) >= 11 is 0. The number of benzene rings is 1. The van der Waals surface area contributed by atoms with Crippen LogP contribution in [-0.4, -0.2) is 79.7 Å². The van der Waals surface area contributed by atoms with Crippen molar-refractivity contribution in [3.63, 3.8) is 0 Å². The standard InChI is InChI=1S/C22H33N3O/c1-23-11-9-17(10-12-23)25-15-19(18-5-3-4-6-20(18)26-2)22-21(25)16-7-13-24(22)14-8-16/h3-6,16-17,19,21-22H,7-15H2,1-2H3/t19-,21-,22-/m1/s1. The zero-order chi connectivity index (χ0) is 17.7. The second kappa shape index (κ2) is 6.81. The van der Waals surface area contributed by atoms with Gasteiger partial charge in [0.1, 0.15) is 5.75 Å². The summed E-state index contributed by atoms with van der Waals surface area (Å²) in [6, 6.07) is 11.0. The van der Waals surface area contributed by atoms with Gasteiger partial charge in [0, 0.05) is 36.2 Å². The molecule has 26 heavy (non-hydrogen) atoms. The minimum absolute atomic E-state index is 0.596. The molecule has 0 N–H and O–H groups in total. The number of likely N-dealkylation sites (tertiary alicyclic amines) is 2. The van der Waals surface area contributed by atoms with Crippen LogP contribution in [0.4, 0.5) is 0 Å². The SMILES string of the molecule is COc1ccccc1[C@H]1CN(C2CCN(C)CC2)[C@@H]2C3CCN(CC3)[C@H]12. The average Bonchev–Trinajstić information content (AvgIpc) is 3.12. The van der Waals surface area contributed by atoms with Gasteiger partial charge in [0.15, 0.2) is 0 Å². The van der Waals surface area contributed by atoms with E-state index in [0.29, 0.717) is 12.0 Å². The first-order valence-corrected chi connectivity index (χ1v) is 10.6. The van der Waals surface area contributed by atoms with Crippen LogP contribution in [0.2, 0.25) is 0 Å². The Labute approximate surface area is 158 Å². The Hall–Kier alpha value is -1.10. The van der Waals surface area contributed by atoms with Crippen molar-refractivity contribution in [1.29, 1.82) is 0 Å². The number of fused-ring (bicyclic) bond motifs is 2. The maximum atomic E-state index is 5.77. The fourth-order valence-corrected chi connectivity index (χ4v) is 6.44. The summed E-state index contributed by atoms with van der Waals surface area (Å²) in [5.41, 5.74) is 1.44. The number of piperidine rings is 4. The van der Waals surface area contributed by atoms with E-state index in [1.807, 2.05) is 7.11 Å². The number of para-hydroxylation sites is 1. The second-order valence-corrected chi connectivity index (χ2v) is 8.93. The van der Waals surface area contributed by atoms with Gasteiger partial charge >= 0.3 is 0 Å². The molecular weight excluding hydrogens is 322 g/mol. The fourth-order valence-electron chi connectivity index (χ4n) is 6.44. The molecule has 0 unspecified atom stereocenters. The molecule has 5 fully saturated rings. The molecule has 3 atom stereocenters. The molecule has 0 saturated carbocycles. The van der Waals surface area contributed by atoms with Crippen LogP contribution in [0, 0.1) is 5.92 Å². The maximum absolute atomic E-state index is 5.77. The van der Waals surface area contributed by atoms with E-state index in [1.54, 1.807) is 0 Å². The molecule has 0 radical (unpaired) electrons. The Morgan fingerprint density at radius 3 is 2.38 bits per heavy atom. The topological polar surface area (TPSA) is 19.0 Å². The first-order chi connectivity index (χ1) is 12.8. The van der Waals surface area contributed by atoms with Crippen LogP contribution in [0.15, 0.2) is 24.3 Å². The van der Waals surface area contributed by atoms with Crippen molar-refractivity contribution in [2.24, 2.45) is 5.92 Å². The van der Waals surface area contributed by atoms with Crippen LogP contribution in [0.1, 0.15) is 37.2 Å². The van der Waals surface area contributed by atoms with Crippen LogP contribution < -0.4 is 4.74 Å². The van der Waals surface area contributed by atoms with Crippen molar-refractivity contribution in [2.45, 2.75) is 49.7 Å². The van der Waals surface area contributed by atoms with Gasteiger partial charge < -0.3 is 9.64 Å². The number of methoxy groups -OCH3 is 1. The number of nitrogens with zero attached hydrogens (tertiary/aromatic N) is 3. The monoisotopic (exact) mass is 355 g/mol. The van der Waals surface area contributed by atoms with Gasteiger partial charge in [-0.25, -0.2) is 0 Å². The van der Waals surface area contributed by atoms with E-state index in [2.05, 4.69) is 46.0 Å². The van der Waals surface area contributed by atoms with E-state index in [1.165, 1.54) is 64.0 Å². The third-order valence-corrected chi connectivity index (χ3v) is 7.73. The van der Waals surface area contributed by atoms with Crippen molar-refractivity contribution in [2.75, 3.05) is 46.9 Å². The largest absolute Gasteiger partial charge is 0.496 e. The molecule has 5 aliphatic heterocycles. The lowest BCUT2D eigenvalue weighted by atomic mass is 9.75. The molecule has 5 aliphatic rings. The lowest BCUT2D eigenvalue weighted by Crippen LogP contribution is -2.61. The van der Waals surface area contributed by atoms with Crippen molar-refractivity contribution < 1.29 is 4.74 Å². The van der Waals surface area contributed by atoms with Crippen LogP contribution >= 0.6 is 0 Å². The quantitative estimate of drug-likeness (QED) is 0.830. The Bertz CT molecular complexity index is 634. The van der Waals surface area contributed by atoms with E-state index >= 15 is 0 Å². The van der Waals surface area contributed by atoms with E-state index in [4.69, 9.17) is 4.74 Å². The van der Waals surface area contributed by atoms with E-state index in [9.17, 15) is 0 Å². The fraction of sp³-hybridized carbons (Fsp3) is 0.727. The second-order valence-electron chi connectivity index (χ2n) is 8.93. The summed E-state index contributed by atoms with van der Waals surface area (Å²) in [5.74, 6) is 2.59. The summed E-state index contributed by atoms with van der Waals surface area (Å²) in [6.45, 7) is 6.34. The first-order valence-electron chi connectivity index (χ1n) is 10.6. The molecule has 0 spiro atoms. The Kier molecular flexibility index (Phi) is 4.46. The van der Waals surface area contributed by atoms with Gasteiger partial charge in [-0.15, -0.1) is 0 Å². The Balaban J connectivity index is 1.49. The smallest absolute Gasteiger partial charge is 0.122 e. The summed E-state index contributed by atoms with van der Waals surface area (Å²) in [7, 11) is 4.10. The molecule has 4 nitrogen and oxygen atoms in total. The molecular formula is C22H33N3O. The lowest BCUT2D eigenvalue weighted by molar-refractivity contribution is -0.0262. The molecule has 0 aliphatic carbocycles. The van der Waals surface area contributed by atoms with Crippen molar-refractivity contribution in [1.82, 2.24) is 14.7 Å². The molecule has 1 aromatic carbocycles. The van der Waals surface area contributed by atoms with Crippen LogP contribution in [-0.2, 0) is 0 Å². The highest BCUT2D eigenvalue weighted by Crippen LogP contribution is 2.49. The van der Waals surface area contributed by atoms with Gasteiger partial charge in [0.05, 0.1) is 7.11 Å². The number of rotatable bonds is 3. The minimum atomic E-state index is 0.596. The molecule has 1 aromatic rings. The lowest BCUT2D eigenvalue weighted by Gasteiger charge is -2.53. The van der Waals surface area contributed by atoms with Gasteiger partial charge in [0.2, 0.25) is 0 Å². The molecule has 4 heteroatoms. The van der Waals surface area contributed by atoms with Crippen LogP contribution in [0.5, 0.6) is 5.75 Å². The highest BCUT2D eigenvalue weighted by molar-refractivity contribution is 5.39. The molecule has 0 amide bonds. The van der Waals surface area contributed by atoms with Crippen molar-refractivity contribution in [3.05, 3.63) is 29.8 Å². The van der Waals surface area contributed by atoms with E-state index in [0.717, 1.165) is 23.8 Å². The predicted octanol–water partition coefficient (Wildman–Crippen LogP) is 2.65. The molecule has 6 rings (SSSR count).